The number of benzene rings is 9. The maximum Gasteiger partial charge on any atom is 0.136 e. The summed E-state index contributed by atoms with van der Waals surface area (Å²) in [6, 6.07) is 67.0. The molecule has 0 saturated heterocycles. The molecule has 0 aliphatic heterocycles. The van der Waals surface area contributed by atoms with Gasteiger partial charge < -0.3 is 8.83 Å². The van der Waals surface area contributed by atoms with E-state index in [1.165, 1.54) is 32.7 Å². The Labute approximate surface area is 367 Å². The number of hydrogen-bond donors (Lipinski definition) is 0. The number of nitrogens with zero attached hydrogens (tertiary/aromatic N) is 1. The standard InChI is InChI=1S/C60H45NO2/c1-3-4-22-54(61-55(42-15-6-5-7-16-42)34-39(2)33-40-25-32-57-53(35-40)51-19-10-11-23-56(51)62-57)47-29-27-43-36-45(28-26-44(43)37-47)50-21-13-24-58-60(50)52-31-30-46(38-59(52)63-58)49-20-12-17-41-14-8-9-18-48(41)49/h5-33,35-38H,3-4,34H2,1-2H3/b39-33-,54-22-,61-55?. The molecule has 0 unspecified atom stereocenters. The number of furan rings is 2. The average Bonchev–Trinajstić information content (AvgIpc) is 3.90. The molecular weight excluding hydrogens is 767 g/mol. The highest BCUT2D eigenvalue weighted by molar-refractivity contribution is 6.14. The number of allylic oxidation sites excluding steroid dienone is 2. The number of para-hydroxylation sites is 1. The predicted octanol–water partition coefficient (Wildman–Crippen LogP) is 17.2. The van der Waals surface area contributed by atoms with Crippen LogP contribution >= 0.6 is 0 Å². The van der Waals surface area contributed by atoms with E-state index in [1.807, 2.05) is 12.1 Å². The lowest BCUT2D eigenvalue weighted by atomic mass is 9.94. The minimum atomic E-state index is 0.716. The Hall–Kier alpha value is -7.75. The predicted molar refractivity (Wildman–Crippen MR) is 267 cm³/mol. The summed E-state index contributed by atoms with van der Waals surface area (Å²) in [6.45, 7) is 4.42. The Morgan fingerprint density at radius 3 is 2.10 bits per heavy atom. The van der Waals surface area contributed by atoms with Crippen molar-refractivity contribution in [1.29, 1.82) is 0 Å². The van der Waals surface area contributed by atoms with E-state index in [1.54, 1.807) is 0 Å². The molecule has 0 fully saturated rings. The second kappa shape index (κ2) is 16.3. The van der Waals surface area contributed by atoms with Gasteiger partial charge in [-0.25, -0.2) is 0 Å². The number of rotatable bonds is 10. The number of aliphatic imine (C=N–C) groups is 1. The molecule has 0 spiro atoms. The van der Waals surface area contributed by atoms with Crippen molar-refractivity contribution in [1.82, 2.24) is 0 Å². The molecule has 0 bridgehead atoms. The minimum Gasteiger partial charge on any atom is -0.456 e. The molecule has 3 nitrogen and oxygen atoms in total. The first-order valence-corrected chi connectivity index (χ1v) is 22.0. The summed E-state index contributed by atoms with van der Waals surface area (Å²) in [5.74, 6) is 0. The summed E-state index contributed by atoms with van der Waals surface area (Å²) in [4.78, 5) is 5.50. The molecule has 2 heterocycles. The Morgan fingerprint density at radius 2 is 1.19 bits per heavy atom. The van der Waals surface area contributed by atoms with Gasteiger partial charge in [-0.1, -0.05) is 171 Å². The largest absolute Gasteiger partial charge is 0.456 e. The van der Waals surface area contributed by atoms with E-state index >= 15 is 0 Å². The van der Waals surface area contributed by atoms with Crippen LogP contribution in [0.4, 0.5) is 0 Å². The lowest BCUT2D eigenvalue weighted by Gasteiger charge is -2.12. The van der Waals surface area contributed by atoms with Gasteiger partial charge in [0.1, 0.15) is 22.3 Å². The number of hydrogen-bond acceptors (Lipinski definition) is 3. The van der Waals surface area contributed by atoms with E-state index in [0.717, 1.165) is 102 Å². The van der Waals surface area contributed by atoms with Gasteiger partial charge in [0.15, 0.2) is 0 Å². The molecule has 11 rings (SSSR count). The van der Waals surface area contributed by atoms with E-state index in [4.69, 9.17) is 13.8 Å². The fourth-order valence-corrected chi connectivity index (χ4v) is 9.21. The number of fused-ring (bicyclic) bond motifs is 8. The van der Waals surface area contributed by atoms with Crippen LogP contribution < -0.4 is 0 Å². The average molecular weight is 812 g/mol. The van der Waals surface area contributed by atoms with Crippen LogP contribution in [-0.2, 0) is 0 Å². The van der Waals surface area contributed by atoms with Crippen LogP contribution in [0.3, 0.4) is 0 Å². The maximum absolute atomic E-state index is 6.57. The zero-order chi connectivity index (χ0) is 42.3. The lowest BCUT2D eigenvalue weighted by Crippen LogP contribution is -2.03. The van der Waals surface area contributed by atoms with Crippen molar-refractivity contribution in [3.05, 3.63) is 216 Å². The maximum atomic E-state index is 6.57. The third kappa shape index (κ3) is 7.32. The monoisotopic (exact) mass is 811 g/mol. The highest BCUT2D eigenvalue weighted by Crippen LogP contribution is 2.40. The Morgan fingerprint density at radius 1 is 0.492 bits per heavy atom. The van der Waals surface area contributed by atoms with Crippen molar-refractivity contribution in [2.24, 2.45) is 4.99 Å². The Bertz CT molecular complexity index is 3610. The molecule has 0 amide bonds. The van der Waals surface area contributed by atoms with E-state index < -0.39 is 0 Å². The van der Waals surface area contributed by atoms with Gasteiger partial charge in [0.25, 0.3) is 0 Å². The van der Waals surface area contributed by atoms with Crippen molar-refractivity contribution >= 4 is 82.9 Å². The van der Waals surface area contributed by atoms with Crippen LogP contribution in [0.5, 0.6) is 0 Å². The van der Waals surface area contributed by atoms with Gasteiger partial charge in [-0.3, -0.25) is 4.99 Å². The van der Waals surface area contributed by atoms with Gasteiger partial charge >= 0.3 is 0 Å². The molecule has 0 radical (unpaired) electrons. The minimum absolute atomic E-state index is 0.716. The van der Waals surface area contributed by atoms with Crippen molar-refractivity contribution in [2.45, 2.75) is 33.1 Å². The molecular formula is C60H45NO2. The third-order valence-corrected chi connectivity index (χ3v) is 12.3. The molecule has 0 N–H and O–H groups in total. The van der Waals surface area contributed by atoms with E-state index in [2.05, 4.69) is 202 Å². The summed E-state index contributed by atoms with van der Waals surface area (Å²) in [7, 11) is 0. The topological polar surface area (TPSA) is 38.6 Å². The first-order chi connectivity index (χ1) is 31.1. The van der Waals surface area contributed by atoms with Crippen molar-refractivity contribution in [3.8, 4) is 22.3 Å². The third-order valence-electron chi connectivity index (χ3n) is 12.3. The summed E-state index contributed by atoms with van der Waals surface area (Å²) >= 11 is 0. The lowest BCUT2D eigenvalue weighted by molar-refractivity contribution is 0.668. The molecule has 11 aromatic rings. The van der Waals surface area contributed by atoms with Gasteiger partial charge in [0.05, 0.1) is 11.4 Å². The van der Waals surface area contributed by atoms with Crippen LogP contribution in [0.1, 0.15) is 49.8 Å². The molecule has 63 heavy (non-hydrogen) atoms. The van der Waals surface area contributed by atoms with Gasteiger partial charge in [-0.15, -0.1) is 0 Å². The van der Waals surface area contributed by atoms with Crippen molar-refractivity contribution in [2.75, 3.05) is 0 Å². The normalized spacial score (nSPS) is 12.8. The molecule has 3 heteroatoms. The molecule has 9 aromatic carbocycles. The number of unbranched alkanes of at least 4 members (excludes halogenated alkanes) is 1. The molecule has 0 aliphatic rings. The van der Waals surface area contributed by atoms with Crippen LogP contribution in [0.25, 0.3) is 99.4 Å². The second-order valence-corrected chi connectivity index (χ2v) is 16.6. The van der Waals surface area contributed by atoms with Crippen LogP contribution in [0, 0.1) is 0 Å². The molecule has 2 aromatic heterocycles. The summed E-state index contributed by atoms with van der Waals surface area (Å²) in [5, 5.41) is 9.37. The van der Waals surface area contributed by atoms with Crippen molar-refractivity contribution in [3.63, 3.8) is 0 Å². The first kappa shape index (κ1) is 38.2. The zero-order valence-electron chi connectivity index (χ0n) is 35.4. The highest BCUT2D eigenvalue weighted by atomic mass is 16.3. The fourth-order valence-electron chi connectivity index (χ4n) is 9.21. The van der Waals surface area contributed by atoms with Crippen LogP contribution in [0.15, 0.2) is 214 Å². The molecule has 0 atom stereocenters. The van der Waals surface area contributed by atoms with Gasteiger partial charge in [-0.05, 0) is 117 Å². The smallest absolute Gasteiger partial charge is 0.136 e. The summed E-state index contributed by atoms with van der Waals surface area (Å²) < 4.78 is 12.7. The fraction of sp³-hybridized carbons (Fsp3) is 0.0833. The quantitative estimate of drug-likeness (QED) is 0.129. The highest BCUT2D eigenvalue weighted by Gasteiger charge is 2.16. The van der Waals surface area contributed by atoms with E-state index in [-0.39, 0.29) is 0 Å². The Balaban J connectivity index is 0.928. The summed E-state index contributed by atoms with van der Waals surface area (Å²) in [6.07, 6.45) is 7.27. The second-order valence-electron chi connectivity index (χ2n) is 16.6. The van der Waals surface area contributed by atoms with Crippen LogP contribution in [-0.4, -0.2) is 5.71 Å². The first-order valence-electron chi connectivity index (χ1n) is 22.0. The van der Waals surface area contributed by atoms with E-state index in [9.17, 15) is 0 Å². The molecule has 0 aliphatic carbocycles. The van der Waals surface area contributed by atoms with Gasteiger partial charge in [-0.2, -0.15) is 0 Å². The van der Waals surface area contributed by atoms with E-state index in [0.29, 0.717) is 6.42 Å². The molecule has 302 valence electrons. The Kier molecular flexibility index (Phi) is 9.86. The van der Waals surface area contributed by atoms with Gasteiger partial charge in [0, 0.05) is 33.5 Å². The summed E-state index contributed by atoms with van der Waals surface area (Å²) in [5.41, 5.74) is 15.0. The van der Waals surface area contributed by atoms with Crippen molar-refractivity contribution < 1.29 is 8.83 Å². The van der Waals surface area contributed by atoms with Crippen LogP contribution in [0.2, 0.25) is 0 Å². The van der Waals surface area contributed by atoms with Gasteiger partial charge in [0.2, 0.25) is 0 Å². The SMILES string of the molecule is CCC/C=C(\N=C(C/C(C)=C\c1ccc2oc3ccccc3c2c1)c1ccccc1)c1ccc2cc(-c3cccc4oc5cc(-c6cccc7ccccc67)ccc5c34)ccc2c1. The zero-order valence-corrected chi connectivity index (χ0v) is 35.4. The molecule has 0 saturated carbocycles.